The molecular formula is C20H19N3O. The number of para-hydroxylation sites is 2. The molecule has 0 saturated carbocycles. The van der Waals surface area contributed by atoms with Crippen LogP contribution in [0.1, 0.15) is 21.6 Å². The zero-order valence-electron chi connectivity index (χ0n) is 13.7. The highest BCUT2D eigenvalue weighted by molar-refractivity contribution is 6.03. The lowest BCUT2D eigenvalue weighted by Gasteiger charge is -2.10. The minimum atomic E-state index is -0.216. The monoisotopic (exact) mass is 317 g/mol. The summed E-state index contributed by atoms with van der Waals surface area (Å²) in [6.45, 7) is 4.00. The van der Waals surface area contributed by atoms with E-state index in [9.17, 15) is 4.79 Å². The van der Waals surface area contributed by atoms with Gasteiger partial charge in [-0.1, -0.05) is 36.4 Å². The van der Waals surface area contributed by atoms with Crippen LogP contribution in [0.5, 0.6) is 0 Å². The Bertz CT molecular complexity index is 857. The first-order valence-electron chi connectivity index (χ1n) is 7.79. The van der Waals surface area contributed by atoms with Crippen molar-refractivity contribution in [2.24, 2.45) is 0 Å². The SMILES string of the molecule is Cc1ccccc1NC(=O)c1ccc(Nc2ccccc2C)cn1. The van der Waals surface area contributed by atoms with Crippen LogP contribution in [-0.4, -0.2) is 10.9 Å². The number of amides is 1. The summed E-state index contributed by atoms with van der Waals surface area (Å²) in [4.78, 5) is 16.6. The number of rotatable bonds is 4. The standard InChI is InChI=1S/C20H19N3O/c1-14-7-3-5-9-17(14)22-16-11-12-19(21-13-16)20(24)23-18-10-6-4-8-15(18)2/h3-13,22H,1-2H3,(H,23,24). The minimum Gasteiger partial charge on any atom is -0.354 e. The van der Waals surface area contributed by atoms with Gasteiger partial charge in [-0.15, -0.1) is 0 Å². The fraction of sp³-hybridized carbons (Fsp3) is 0.100. The number of hydrogen-bond donors (Lipinski definition) is 2. The van der Waals surface area contributed by atoms with Gasteiger partial charge in [-0.25, -0.2) is 4.98 Å². The van der Waals surface area contributed by atoms with Crippen molar-refractivity contribution in [1.82, 2.24) is 4.98 Å². The Kier molecular flexibility index (Phi) is 4.57. The van der Waals surface area contributed by atoms with Gasteiger partial charge < -0.3 is 10.6 Å². The molecule has 0 aliphatic heterocycles. The second-order valence-corrected chi connectivity index (χ2v) is 5.64. The topological polar surface area (TPSA) is 54.0 Å². The van der Waals surface area contributed by atoms with Gasteiger partial charge in [0.15, 0.2) is 0 Å². The van der Waals surface area contributed by atoms with Gasteiger partial charge in [0.05, 0.1) is 11.9 Å². The number of nitrogens with zero attached hydrogens (tertiary/aromatic N) is 1. The maximum absolute atomic E-state index is 12.3. The van der Waals surface area contributed by atoms with E-state index in [1.54, 1.807) is 12.3 Å². The molecule has 1 heterocycles. The summed E-state index contributed by atoms with van der Waals surface area (Å²) in [5, 5.41) is 6.19. The van der Waals surface area contributed by atoms with E-state index in [4.69, 9.17) is 0 Å². The van der Waals surface area contributed by atoms with Gasteiger partial charge in [0.25, 0.3) is 5.91 Å². The molecule has 0 aliphatic rings. The molecule has 4 nitrogen and oxygen atoms in total. The molecule has 0 bridgehead atoms. The maximum atomic E-state index is 12.3. The van der Waals surface area contributed by atoms with E-state index < -0.39 is 0 Å². The predicted molar refractivity (Wildman–Crippen MR) is 97.8 cm³/mol. The number of benzene rings is 2. The van der Waals surface area contributed by atoms with Gasteiger partial charge in [0.1, 0.15) is 5.69 Å². The van der Waals surface area contributed by atoms with Gasteiger partial charge in [0, 0.05) is 11.4 Å². The van der Waals surface area contributed by atoms with E-state index in [-0.39, 0.29) is 5.91 Å². The Morgan fingerprint density at radius 2 is 1.46 bits per heavy atom. The molecule has 1 aromatic heterocycles. The number of nitrogens with one attached hydrogen (secondary N) is 2. The Balaban J connectivity index is 1.71. The predicted octanol–water partition coefficient (Wildman–Crippen LogP) is 4.69. The van der Waals surface area contributed by atoms with Crippen molar-refractivity contribution < 1.29 is 4.79 Å². The van der Waals surface area contributed by atoms with Crippen LogP contribution >= 0.6 is 0 Å². The Labute approximate surface area is 141 Å². The molecule has 0 spiro atoms. The van der Waals surface area contributed by atoms with Gasteiger partial charge in [-0.2, -0.15) is 0 Å². The average Bonchev–Trinajstić information content (AvgIpc) is 2.59. The first-order valence-corrected chi connectivity index (χ1v) is 7.79. The highest BCUT2D eigenvalue weighted by atomic mass is 16.1. The van der Waals surface area contributed by atoms with Crippen LogP contribution in [0.4, 0.5) is 17.1 Å². The average molecular weight is 317 g/mol. The maximum Gasteiger partial charge on any atom is 0.274 e. The van der Waals surface area contributed by atoms with E-state index in [1.807, 2.05) is 68.4 Å². The Morgan fingerprint density at radius 1 is 0.833 bits per heavy atom. The molecule has 2 N–H and O–H groups in total. The summed E-state index contributed by atoms with van der Waals surface area (Å²) in [6, 6.07) is 19.3. The molecule has 2 aromatic carbocycles. The molecule has 3 aromatic rings. The van der Waals surface area contributed by atoms with Crippen LogP contribution in [0, 0.1) is 13.8 Å². The number of hydrogen-bond acceptors (Lipinski definition) is 3. The fourth-order valence-electron chi connectivity index (χ4n) is 2.37. The van der Waals surface area contributed by atoms with Crippen molar-refractivity contribution in [3.63, 3.8) is 0 Å². The first kappa shape index (κ1) is 15.7. The van der Waals surface area contributed by atoms with Crippen molar-refractivity contribution in [1.29, 1.82) is 0 Å². The second kappa shape index (κ2) is 6.96. The molecule has 3 rings (SSSR count). The zero-order valence-corrected chi connectivity index (χ0v) is 13.7. The highest BCUT2D eigenvalue weighted by Crippen LogP contribution is 2.20. The van der Waals surface area contributed by atoms with E-state index in [0.717, 1.165) is 28.2 Å². The normalized spacial score (nSPS) is 10.2. The van der Waals surface area contributed by atoms with Crippen LogP contribution in [0.15, 0.2) is 66.9 Å². The highest BCUT2D eigenvalue weighted by Gasteiger charge is 2.09. The Hall–Kier alpha value is -3.14. The minimum absolute atomic E-state index is 0.216. The lowest BCUT2D eigenvalue weighted by molar-refractivity contribution is 0.102. The number of anilines is 3. The molecule has 120 valence electrons. The number of pyridine rings is 1. The summed E-state index contributed by atoms with van der Waals surface area (Å²) in [5.41, 5.74) is 5.22. The smallest absolute Gasteiger partial charge is 0.274 e. The van der Waals surface area contributed by atoms with Crippen LogP contribution < -0.4 is 10.6 Å². The summed E-state index contributed by atoms with van der Waals surface area (Å²) in [6.07, 6.45) is 1.67. The molecule has 24 heavy (non-hydrogen) atoms. The second-order valence-electron chi connectivity index (χ2n) is 5.64. The van der Waals surface area contributed by atoms with E-state index in [2.05, 4.69) is 15.6 Å². The van der Waals surface area contributed by atoms with Gasteiger partial charge in [0.2, 0.25) is 0 Å². The molecule has 1 amide bonds. The molecule has 0 fully saturated rings. The van der Waals surface area contributed by atoms with Crippen molar-refractivity contribution in [3.05, 3.63) is 83.7 Å². The van der Waals surface area contributed by atoms with E-state index in [0.29, 0.717) is 5.69 Å². The van der Waals surface area contributed by atoms with E-state index >= 15 is 0 Å². The number of aromatic nitrogens is 1. The number of carbonyl (C=O) groups is 1. The largest absolute Gasteiger partial charge is 0.354 e. The van der Waals surface area contributed by atoms with Crippen LogP contribution in [0.2, 0.25) is 0 Å². The van der Waals surface area contributed by atoms with Gasteiger partial charge in [-0.05, 0) is 49.2 Å². The van der Waals surface area contributed by atoms with Gasteiger partial charge in [-0.3, -0.25) is 4.79 Å². The van der Waals surface area contributed by atoms with Crippen LogP contribution in [-0.2, 0) is 0 Å². The fourth-order valence-corrected chi connectivity index (χ4v) is 2.37. The van der Waals surface area contributed by atoms with Crippen molar-refractivity contribution in [2.45, 2.75) is 13.8 Å². The first-order chi connectivity index (χ1) is 11.6. The molecule has 4 heteroatoms. The molecule has 0 atom stereocenters. The third-order valence-corrected chi connectivity index (χ3v) is 3.81. The molecule has 0 saturated heterocycles. The summed E-state index contributed by atoms with van der Waals surface area (Å²) < 4.78 is 0. The lowest BCUT2D eigenvalue weighted by atomic mass is 10.2. The third-order valence-electron chi connectivity index (χ3n) is 3.81. The lowest BCUT2D eigenvalue weighted by Crippen LogP contribution is -2.14. The zero-order chi connectivity index (χ0) is 16.9. The van der Waals surface area contributed by atoms with Crippen molar-refractivity contribution in [3.8, 4) is 0 Å². The van der Waals surface area contributed by atoms with Crippen LogP contribution in [0.3, 0.4) is 0 Å². The van der Waals surface area contributed by atoms with Crippen molar-refractivity contribution >= 4 is 23.0 Å². The Morgan fingerprint density at radius 3 is 2.04 bits per heavy atom. The quantitative estimate of drug-likeness (QED) is 0.733. The van der Waals surface area contributed by atoms with Gasteiger partial charge >= 0.3 is 0 Å². The summed E-state index contributed by atoms with van der Waals surface area (Å²) in [5.74, 6) is -0.216. The van der Waals surface area contributed by atoms with Crippen molar-refractivity contribution in [2.75, 3.05) is 10.6 Å². The van der Waals surface area contributed by atoms with E-state index in [1.165, 1.54) is 0 Å². The molecule has 0 aliphatic carbocycles. The molecule has 0 radical (unpaired) electrons. The third kappa shape index (κ3) is 3.60. The van der Waals surface area contributed by atoms with Crippen LogP contribution in [0.25, 0.3) is 0 Å². The molecular weight excluding hydrogens is 298 g/mol. The summed E-state index contributed by atoms with van der Waals surface area (Å²) >= 11 is 0. The number of carbonyl (C=O) groups excluding carboxylic acids is 1. The number of aryl methyl sites for hydroxylation is 2. The molecule has 0 unspecified atom stereocenters. The summed E-state index contributed by atoms with van der Waals surface area (Å²) in [7, 11) is 0.